The molecule has 1 unspecified atom stereocenters. The van der Waals surface area contributed by atoms with Crippen LogP contribution in [0.15, 0.2) is 18.2 Å². The van der Waals surface area contributed by atoms with Crippen LogP contribution < -0.4 is 11.1 Å². The molecule has 0 radical (unpaired) electrons. The molecule has 21 heavy (non-hydrogen) atoms. The molecule has 6 heteroatoms. The van der Waals surface area contributed by atoms with Gasteiger partial charge in [-0.15, -0.1) is 0 Å². The Morgan fingerprint density at radius 3 is 2.95 bits per heavy atom. The highest BCUT2D eigenvalue weighted by molar-refractivity contribution is 6.33. The Kier molecular flexibility index (Phi) is 5.45. The highest BCUT2D eigenvalue weighted by atomic mass is 35.5. The highest BCUT2D eigenvalue weighted by Gasteiger charge is 2.26. The van der Waals surface area contributed by atoms with Crippen LogP contribution in [0, 0.1) is 0 Å². The van der Waals surface area contributed by atoms with E-state index in [9.17, 15) is 4.79 Å². The molecule has 1 aliphatic heterocycles. The monoisotopic (exact) mass is 310 g/mol. The van der Waals surface area contributed by atoms with Crippen LogP contribution in [-0.2, 0) is 4.79 Å². The second-order valence-electron chi connectivity index (χ2n) is 5.81. The molecule has 1 aliphatic rings. The Morgan fingerprint density at radius 2 is 2.29 bits per heavy atom. The molecule has 1 aromatic carbocycles. The molecule has 1 atom stereocenters. The van der Waals surface area contributed by atoms with Crippen molar-refractivity contribution in [2.24, 2.45) is 0 Å². The van der Waals surface area contributed by atoms with E-state index in [4.69, 9.17) is 17.3 Å². The van der Waals surface area contributed by atoms with E-state index in [2.05, 4.69) is 29.2 Å². The van der Waals surface area contributed by atoms with Crippen molar-refractivity contribution in [1.82, 2.24) is 9.80 Å². The summed E-state index contributed by atoms with van der Waals surface area (Å²) in [5.74, 6) is -0.0117. The Hall–Kier alpha value is -1.30. The number of hydrogen-bond donors (Lipinski definition) is 2. The molecule has 3 N–H and O–H groups in total. The summed E-state index contributed by atoms with van der Waals surface area (Å²) in [6.07, 6.45) is 2.30. The third-order valence-electron chi connectivity index (χ3n) is 3.70. The topological polar surface area (TPSA) is 61.6 Å². The van der Waals surface area contributed by atoms with Crippen molar-refractivity contribution in [2.45, 2.75) is 18.9 Å². The van der Waals surface area contributed by atoms with E-state index in [-0.39, 0.29) is 5.91 Å². The molecule has 2 rings (SSSR count). The van der Waals surface area contributed by atoms with Crippen molar-refractivity contribution in [3.8, 4) is 0 Å². The third-order valence-corrected chi connectivity index (χ3v) is 4.05. The van der Waals surface area contributed by atoms with Crippen LogP contribution in [-0.4, -0.2) is 55.5 Å². The van der Waals surface area contributed by atoms with E-state index in [1.807, 2.05) is 0 Å². The van der Waals surface area contributed by atoms with Gasteiger partial charge >= 0.3 is 0 Å². The number of likely N-dealkylation sites (tertiary alicyclic amines) is 1. The Balaban J connectivity index is 1.90. The molecule has 0 bridgehead atoms. The lowest BCUT2D eigenvalue weighted by Crippen LogP contribution is -2.41. The predicted octanol–water partition coefficient (Wildman–Crippen LogP) is 1.89. The fourth-order valence-electron chi connectivity index (χ4n) is 2.74. The maximum Gasteiger partial charge on any atom is 0.238 e. The smallest absolute Gasteiger partial charge is 0.238 e. The first-order valence-corrected chi connectivity index (χ1v) is 7.57. The molecule has 1 heterocycles. The third kappa shape index (κ3) is 4.59. The van der Waals surface area contributed by atoms with E-state index >= 15 is 0 Å². The maximum atomic E-state index is 12.2. The van der Waals surface area contributed by atoms with Gasteiger partial charge in [0.05, 0.1) is 17.3 Å². The molecule has 1 amide bonds. The predicted molar refractivity (Wildman–Crippen MR) is 87.6 cm³/mol. The first-order chi connectivity index (χ1) is 9.95. The first-order valence-electron chi connectivity index (χ1n) is 7.19. The molecule has 1 fully saturated rings. The second kappa shape index (κ2) is 7.11. The lowest BCUT2D eigenvalue weighted by molar-refractivity contribution is -0.117. The number of nitrogens with two attached hydrogens (primary N) is 1. The van der Waals surface area contributed by atoms with Crippen LogP contribution in [0.4, 0.5) is 11.4 Å². The summed E-state index contributed by atoms with van der Waals surface area (Å²) in [4.78, 5) is 16.6. The van der Waals surface area contributed by atoms with Crippen LogP contribution in [0.2, 0.25) is 5.02 Å². The van der Waals surface area contributed by atoms with E-state index in [0.29, 0.717) is 29.0 Å². The zero-order chi connectivity index (χ0) is 15.4. The highest BCUT2D eigenvalue weighted by Crippen LogP contribution is 2.22. The van der Waals surface area contributed by atoms with Crippen molar-refractivity contribution < 1.29 is 4.79 Å². The maximum absolute atomic E-state index is 12.2. The van der Waals surface area contributed by atoms with Gasteiger partial charge < -0.3 is 16.0 Å². The average molecular weight is 311 g/mol. The van der Waals surface area contributed by atoms with Gasteiger partial charge in [-0.05, 0) is 51.7 Å². The normalized spacial score (nSPS) is 19.1. The number of amides is 1. The first kappa shape index (κ1) is 16.1. The zero-order valence-electron chi connectivity index (χ0n) is 12.6. The molecular formula is C15H23ClN4O. The number of carbonyl (C=O) groups excluding carboxylic acids is 1. The Bertz CT molecular complexity index is 506. The van der Waals surface area contributed by atoms with Gasteiger partial charge in [-0.3, -0.25) is 9.69 Å². The molecule has 1 saturated heterocycles. The summed E-state index contributed by atoms with van der Waals surface area (Å²) < 4.78 is 0. The van der Waals surface area contributed by atoms with Gasteiger partial charge in [0, 0.05) is 18.3 Å². The fourth-order valence-corrected chi connectivity index (χ4v) is 2.86. The molecule has 0 aliphatic carbocycles. The van der Waals surface area contributed by atoms with Crippen molar-refractivity contribution >= 4 is 28.9 Å². The number of carbonyl (C=O) groups is 1. The lowest BCUT2D eigenvalue weighted by atomic mass is 10.2. The minimum Gasteiger partial charge on any atom is -0.397 e. The van der Waals surface area contributed by atoms with Gasteiger partial charge in [-0.2, -0.15) is 0 Å². The lowest BCUT2D eigenvalue weighted by Gasteiger charge is -2.26. The van der Waals surface area contributed by atoms with Gasteiger partial charge in [0.15, 0.2) is 0 Å². The van der Waals surface area contributed by atoms with E-state index in [1.54, 1.807) is 18.2 Å². The second-order valence-corrected chi connectivity index (χ2v) is 6.22. The standard InChI is InChI=1S/C15H23ClN4O/c1-19(2)9-12-4-3-7-20(12)10-15(21)18-11-5-6-13(16)14(17)8-11/h5-6,8,12H,3-4,7,9-10,17H2,1-2H3,(H,18,21). The van der Waals surface area contributed by atoms with Gasteiger partial charge in [0.2, 0.25) is 5.91 Å². The summed E-state index contributed by atoms with van der Waals surface area (Å²) in [6, 6.07) is 5.59. The van der Waals surface area contributed by atoms with E-state index in [1.165, 1.54) is 0 Å². The molecule has 116 valence electrons. The summed E-state index contributed by atoms with van der Waals surface area (Å²) >= 11 is 5.87. The van der Waals surface area contributed by atoms with Crippen LogP contribution in [0.25, 0.3) is 0 Å². The number of benzene rings is 1. The minimum absolute atomic E-state index is 0.0117. The Labute approximate surface area is 131 Å². The summed E-state index contributed by atoms with van der Waals surface area (Å²) in [5.41, 5.74) is 6.90. The van der Waals surface area contributed by atoms with Crippen molar-refractivity contribution in [2.75, 3.05) is 44.8 Å². The SMILES string of the molecule is CN(C)CC1CCCN1CC(=O)Nc1ccc(Cl)c(N)c1. The van der Waals surface area contributed by atoms with Crippen molar-refractivity contribution in [3.05, 3.63) is 23.2 Å². The fraction of sp³-hybridized carbons (Fsp3) is 0.533. The van der Waals surface area contributed by atoms with Gasteiger partial charge in [-0.1, -0.05) is 11.6 Å². The molecule has 0 spiro atoms. The molecule has 5 nitrogen and oxygen atoms in total. The number of anilines is 2. The number of likely N-dealkylation sites (N-methyl/N-ethyl adjacent to an activating group) is 1. The molecule has 0 saturated carbocycles. The van der Waals surface area contributed by atoms with Crippen molar-refractivity contribution in [3.63, 3.8) is 0 Å². The number of nitrogens with one attached hydrogen (secondary N) is 1. The number of hydrogen-bond acceptors (Lipinski definition) is 4. The molecule has 0 aromatic heterocycles. The Morgan fingerprint density at radius 1 is 1.52 bits per heavy atom. The van der Waals surface area contributed by atoms with E-state index in [0.717, 1.165) is 25.9 Å². The zero-order valence-corrected chi connectivity index (χ0v) is 13.4. The number of nitrogen functional groups attached to an aromatic ring is 1. The van der Waals surface area contributed by atoms with Crippen LogP contribution >= 0.6 is 11.6 Å². The van der Waals surface area contributed by atoms with Gasteiger partial charge in [0.25, 0.3) is 0 Å². The summed E-state index contributed by atoms with van der Waals surface area (Å²) in [7, 11) is 4.13. The van der Waals surface area contributed by atoms with E-state index < -0.39 is 0 Å². The summed E-state index contributed by atoms with van der Waals surface area (Å²) in [5, 5.41) is 3.38. The van der Waals surface area contributed by atoms with Gasteiger partial charge in [0.1, 0.15) is 0 Å². The quantitative estimate of drug-likeness (QED) is 0.815. The number of nitrogens with zero attached hydrogens (tertiary/aromatic N) is 2. The van der Waals surface area contributed by atoms with Crippen LogP contribution in [0.5, 0.6) is 0 Å². The summed E-state index contributed by atoms with van der Waals surface area (Å²) in [6.45, 7) is 2.39. The average Bonchev–Trinajstić information content (AvgIpc) is 2.80. The number of rotatable bonds is 5. The largest absolute Gasteiger partial charge is 0.397 e. The van der Waals surface area contributed by atoms with Crippen LogP contribution in [0.3, 0.4) is 0 Å². The minimum atomic E-state index is -0.0117. The van der Waals surface area contributed by atoms with Crippen molar-refractivity contribution in [1.29, 1.82) is 0 Å². The van der Waals surface area contributed by atoms with Gasteiger partial charge in [-0.25, -0.2) is 0 Å². The van der Waals surface area contributed by atoms with Crippen LogP contribution in [0.1, 0.15) is 12.8 Å². The molecule has 1 aromatic rings. The number of halogens is 1. The molecular weight excluding hydrogens is 288 g/mol.